The SMILES string of the molecule is CCCC[C@@H](Oc1ccc(CCC(=O)O)cc1)c1cccc(-c2ccc(C(F)(F)F)cc2)n1.CCCC[C@@H](Oc1ccc(CCC(=O)O)cc1OC)c1cccc(-c2ccc(C(F)(F)F)cc2)n1. The monoisotopic (exact) mass is 944 g/mol. The number of rotatable bonds is 21. The maximum atomic E-state index is 12.9. The van der Waals surface area contributed by atoms with Crippen LogP contribution in [0.4, 0.5) is 26.3 Å². The van der Waals surface area contributed by atoms with E-state index in [9.17, 15) is 35.9 Å². The van der Waals surface area contributed by atoms with Crippen LogP contribution >= 0.6 is 0 Å². The molecule has 2 heterocycles. The van der Waals surface area contributed by atoms with Gasteiger partial charge >= 0.3 is 24.3 Å². The second-order valence-corrected chi connectivity index (χ2v) is 16.0. The highest BCUT2D eigenvalue weighted by atomic mass is 19.4. The maximum absolute atomic E-state index is 12.9. The Labute approximate surface area is 391 Å². The highest BCUT2D eigenvalue weighted by molar-refractivity contribution is 5.67. The molecule has 360 valence electrons. The number of carboxylic acid groups (broad SMARTS) is 2. The Kier molecular flexibility index (Phi) is 19.0. The summed E-state index contributed by atoms with van der Waals surface area (Å²) in [5.41, 5.74) is 4.01. The summed E-state index contributed by atoms with van der Waals surface area (Å²) in [7, 11) is 1.52. The van der Waals surface area contributed by atoms with Crippen LogP contribution in [0.3, 0.4) is 0 Å². The quantitative estimate of drug-likeness (QED) is 0.0678. The average molecular weight is 945 g/mol. The van der Waals surface area contributed by atoms with Crippen LogP contribution in [0, 0.1) is 0 Å². The van der Waals surface area contributed by atoms with Gasteiger partial charge in [-0.05, 0) is 122 Å². The van der Waals surface area contributed by atoms with Crippen LogP contribution in [0.25, 0.3) is 22.5 Å². The van der Waals surface area contributed by atoms with Gasteiger partial charge in [0.25, 0.3) is 0 Å². The van der Waals surface area contributed by atoms with Crippen molar-refractivity contribution in [3.63, 3.8) is 0 Å². The zero-order valence-corrected chi connectivity index (χ0v) is 37.9. The third kappa shape index (κ3) is 15.9. The Morgan fingerprint density at radius 1 is 0.559 bits per heavy atom. The van der Waals surface area contributed by atoms with E-state index < -0.39 is 41.5 Å². The van der Waals surface area contributed by atoms with E-state index in [4.69, 9.17) is 29.4 Å². The van der Waals surface area contributed by atoms with E-state index in [-0.39, 0.29) is 18.9 Å². The van der Waals surface area contributed by atoms with Gasteiger partial charge in [-0.25, -0.2) is 9.97 Å². The molecule has 0 amide bonds. The zero-order chi connectivity index (χ0) is 49.3. The number of hydrogen-bond donors (Lipinski definition) is 2. The number of hydrogen-bond acceptors (Lipinski definition) is 7. The van der Waals surface area contributed by atoms with Gasteiger partial charge in [-0.15, -0.1) is 0 Å². The fraction of sp³-hybridized carbons (Fsp3) is 0.321. The largest absolute Gasteiger partial charge is 0.493 e. The van der Waals surface area contributed by atoms with E-state index in [1.165, 1.54) is 31.4 Å². The lowest BCUT2D eigenvalue weighted by Gasteiger charge is -2.21. The number of aromatic nitrogens is 2. The lowest BCUT2D eigenvalue weighted by Crippen LogP contribution is -2.11. The smallest absolute Gasteiger partial charge is 0.416 e. The van der Waals surface area contributed by atoms with Crippen LogP contribution in [-0.4, -0.2) is 39.2 Å². The molecule has 2 aromatic heterocycles. The number of carboxylic acids is 2. The Bertz CT molecular complexity index is 2530. The molecule has 0 radical (unpaired) electrons. The van der Waals surface area contributed by atoms with Crippen LogP contribution in [0.15, 0.2) is 127 Å². The number of halogens is 6. The van der Waals surface area contributed by atoms with Crippen molar-refractivity contribution in [3.8, 4) is 39.8 Å². The maximum Gasteiger partial charge on any atom is 0.416 e. The predicted octanol–water partition coefficient (Wildman–Crippen LogP) is 14.2. The molecule has 15 heteroatoms. The van der Waals surface area contributed by atoms with Crippen molar-refractivity contribution in [3.05, 3.63) is 161 Å². The Morgan fingerprint density at radius 3 is 1.43 bits per heavy atom. The summed E-state index contributed by atoms with van der Waals surface area (Å²) in [6.07, 6.45) is -3.42. The Hall–Kier alpha value is -6.90. The number of benzene rings is 4. The van der Waals surface area contributed by atoms with Gasteiger partial charge in [0.15, 0.2) is 11.5 Å². The number of nitrogens with zero attached hydrogens (tertiary/aromatic N) is 2. The van der Waals surface area contributed by atoms with E-state index in [2.05, 4.69) is 18.8 Å². The number of methoxy groups -OCH3 is 1. The molecule has 2 N–H and O–H groups in total. The standard InChI is InChI=1S/C27H28F3NO4.C26H26F3NO3/c1-3-4-8-23(35-24-15-9-18(10-16-26(32)33)17-25(24)34-2)22-7-5-6-21(31-22)19-11-13-20(14-12-19)27(28,29)30;1-2-3-7-24(33-21-15-8-18(9-16-21)10-17-25(31)32)23-6-4-5-22(30-23)19-11-13-20(14-12-19)26(27,28)29/h5-7,9,11-15,17,23H,3-4,8,10,16H2,1-2H3,(H,32,33);4-6,8-9,11-16,24H,2-3,7,10,17H2,1H3,(H,31,32)/t23-;24-/m11/s1. The summed E-state index contributed by atoms with van der Waals surface area (Å²) in [5.74, 6) is -0.0588. The first-order valence-corrected chi connectivity index (χ1v) is 22.3. The second-order valence-electron chi connectivity index (χ2n) is 16.0. The van der Waals surface area contributed by atoms with Crippen LogP contribution < -0.4 is 14.2 Å². The summed E-state index contributed by atoms with van der Waals surface area (Å²) in [6.45, 7) is 4.15. The summed E-state index contributed by atoms with van der Waals surface area (Å²) in [6, 6.07) is 33.4. The van der Waals surface area contributed by atoms with E-state index >= 15 is 0 Å². The molecule has 0 aliphatic carbocycles. The molecule has 0 spiro atoms. The van der Waals surface area contributed by atoms with E-state index in [0.717, 1.165) is 67.5 Å². The van der Waals surface area contributed by atoms with Gasteiger partial charge in [-0.1, -0.05) is 81.3 Å². The van der Waals surface area contributed by atoms with Gasteiger partial charge in [0.1, 0.15) is 18.0 Å². The number of aryl methyl sites for hydroxylation is 2. The van der Waals surface area contributed by atoms with Crippen LogP contribution in [0.5, 0.6) is 17.2 Å². The second kappa shape index (κ2) is 24.7. The molecule has 0 aliphatic rings. The predicted molar refractivity (Wildman–Crippen MR) is 246 cm³/mol. The molecule has 0 saturated carbocycles. The number of unbranched alkanes of at least 4 members (excludes halogenated alkanes) is 2. The molecule has 0 saturated heterocycles. The number of aliphatic carboxylic acids is 2. The van der Waals surface area contributed by atoms with Gasteiger partial charge in [-0.2, -0.15) is 26.3 Å². The first-order chi connectivity index (χ1) is 32.5. The highest BCUT2D eigenvalue weighted by Crippen LogP contribution is 2.36. The molecule has 0 unspecified atom stereocenters. The first kappa shape index (κ1) is 52.1. The van der Waals surface area contributed by atoms with Crippen molar-refractivity contribution in [2.75, 3.05) is 7.11 Å². The molecule has 2 atom stereocenters. The van der Waals surface area contributed by atoms with Crippen molar-refractivity contribution in [1.29, 1.82) is 0 Å². The molecule has 4 aromatic carbocycles. The third-order valence-electron chi connectivity index (χ3n) is 10.8. The van der Waals surface area contributed by atoms with Crippen LogP contribution in [0.2, 0.25) is 0 Å². The van der Waals surface area contributed by atoms with Crippen molar-refractivity contribution in [2.24, 2.45) is 0 Å². The molecule has 0 aliphatic heterocycles. The first-order valence-electron chi connectivity index (χ1n) is 22.3. The molecular weight excluding hydrogens is 891 g/mol. The minimum absolute atomic E-state index is 0.0170. The minimum Gasteiger partial charge on any atom is -0.493 e. The molecule has 9 nitrogen and oxygen atoms in total. The summed E-state index contributed by atoms with van der Waals surface area (Å²) >= 11 is 0. The van der Waals surface area contributed by atoms with Gasteiger partial charge in [0, 0.05) is 24.0 Å². The van der Waals surface area contributed by atoms with Crippen LogP contribution in [-0.2, 0) is 34.8 Å². The summed E-state index contributed by atoms with van der Waals surface area (Å²) in [4.78, 5) is 31.0. The minimum atomic E-state index is -4.39. The Balaban J connectivity index is 0.000000255. The summed E-state index contributed by atoms with van der Waals surface area (Å²) < 4.78 is 95.3. The average Bonchev–Trinajstić information content (AvgIpc) is 3.33. The molecule has 0 fully saturated rings. The molecule has 6 rings (SSSR count). The van der Waals surface area contributed by atoms with Crippen LogP contribution in [0.1, 0.15) is 111 Å². The van der Waals surface area contributed by atoms with E-state index in [1.54, 1.807) is 24.3 Å². The third-order valence-corrected chi connectivity index (χ3v) is 10.8. The van der Waals surface area contributed by atoms with Crippen molar-refractivity contribution < 1.29 is 60.4 Å². The number of carbonyl (C=O) groups is 2. The lowest BCUT2D eigenvalue weighted by atomic mass is 10.0. The number of pyridine rings is 2. The molecule has 0 bridgehead atoms. The summed E-state index contributed by atoms with van der Waals surface area (Å²) in [5, 5.41) is 17.8. The van der Waals surface area contributed by atoms with Crippen molar-refractivity contribution >= 4 is 11.9 Å². The van der Waals surface area contributed by atoms with E-state index in [0.29, 0.717) is 70.4 Å². The van der Waals surface area contributed by atoms with E-state index in [1.807, 2.05) is 54.6 Å². The normalized spacial score (nSPS) is 12.3. The lowest BCUT2D eigenvalue weighted by molar-refractivity contribution is -0.138. The highest BCUT2D eigenvalue weighted by Gasteiger charge is 2.31. The number of ether oxygens (including phenoxy) is 3. The Morgan fingerprint density at radius 2 is 1.00 bits per heavy atom. The van der Waals surface area contributed by atoms with Crippen molar-refractivity contribution in [1.82, 2.24) is 9.97 Å². The van der Waals surface area contributed by atoms with Gasteiger partial charge < -0.3 is 24.4 Å². The molecule has 68 heavy (non-hydrogen) atoms. The topological polar surface area (TPSA) is 128 Å². The fourth-order valence-corrected chi connectivity index (χ4v) is 7.08. The van der Waals surface area contributed by atoms with Gasteiger partial charge in [-0.3, -0.25) is 9.59 Å². The van der Waals surface area contributed by atoms with Gasteiger partial charge in [0.2, 0.25) is 0 Å². The van der Waals surface area contributed by atoms with Crippen molar-refractivity contribution in [2.45, 2.75) is 103 Å². The molecule has 6 aromatic rings. The van der Waals surface area contributed by atoms with Gasteiger partial charge in [0.05, 0.1) is 41.0 Å². The zero-order valence-electron chi connectivity index (χ0n) is 37.9. The molecular formula is C53H54F6N2O7. The fourth-order valence-electron chi connectivity index (χ4n) is 7.08. The number of alkyl halides is 6.